The van der Waals surface area contributed by atoms with E-state index in [1.165, 1.54) is 0 Å². The lowest BCUT2D eigenvalue weighted by atomic mass is 10.1. The van der Waals surface area contributed by atoms with E-state index in [-0.39, 0.29) is 12.5 Å². The molecule has 0 atom stereocenters. The van der Waals surface area contributed by atoms with Crippen molar-refractivity contribution in [3.05, 3.63) is 35.2 Å². The van der Waals surface area contributed by atoms with Crippen LogP contribution in [0.2, 0.25) is 0 Å². The Labute approximate surface area is 109 Å². The van der Waals surface area contributed by atoms with E-state index in [1.54, 1.807) is 12.1 Å². The first-order valence-corrected chi connectivity index (χ1v) is 5.97. The predicted octanol–water partition coefficient (Wildman–Crippen LogP) is 1.71. The van der Waals surface area contributed by atoms with Crippen molar-refractivity contribution in [1.82, 2.24) is 10.5 Å². The van der Waals surface area contributed by atoms with Gasteiger partial charge in [0.05, 0.1) is 12.2 Å². The van der Waals surface area contributed by atoms with Crippen LogP contribution in [0.1, 0.15) is 17.0 Å². The maximum atomic E-state index is 9.86. The fraction of sp³-hybridized carbons (Fsp3) is 0.308. The maximum Gasteiger partial charge on any atom is 0.231 e. The predicted molar refractivity (Wildman–Crippen MR) is 66.0 cm³/mol. The molecule has 1 aromatic carbocycles. The van der Waals surface area contributed by atoms with Crippen molar-refractivity contribution >= 4 is 0 Å². The van der Waals surface area contributed by atoms with E-state index in [0.717, 1.165) is 17.0 Å². The average Bonchev–Trinajstić information content (AvgIpc) is 2.98. The van der Waals surface area contributed by atoms with Gasteiger partial charge in [0.25, 0.3) is 0 Å². The van der Waals surface area contributed by atoms with Gasteiger partial charge in [0.15, 0.2) is 17.3 Å². The van der Waals surface area contributed by atoms with Crippen molar-refractivity contribution in [2.24, 2.45) is 0 Å². The number of aromatic nitrogens is 1. The number of hydrogen-bond donors (Lipinski definition) is 2. The Kier molecular flexibility index (Phi) is 3.00. The van der Waals surface area contributed by atoms with Crippen LogP contribution in [0, 0.1) is 6.92 Å². The lowest BCUT2D eigenvalue weighted by Crippen LogP contribution is -2.12. The lowest BCUT2D eigenvalue weighted by Gasteiger charge is -2.06. The van der Waals surface area contributed by atoms with Crippen LogP contribution < -0.4 is 14.8 Å². The molecule has 0 saturated carbocycles. The molecule has 3 rings (SSSR count). The Morgan fingerprint density at radius 3 is 2.74 bits per heavy atom. The van der Waals surface area contributed by atoms with Gasteiger partial charge in [-0.3, -0.25) is 0 Å². The number of aromatic hydroxyl groups is 1. The highest BCUT2D eigenvalue weighted by Crippen LogP contribution is 2.37. The molecule has 1 aromatic heterocycles. The largest absolute Gasteiger partial charge is 0.507 e. The van der Waals surface area contributed by atoms with Crippen molar-refractivity contribution in [3.63, 3.8) is 0 Å². The van der Waals surface area contributed by atoms with Crippen LogP contribution in [0.25, 0.3) is 0 Å². The third-order valence-corrected chi connectivity index (χ3v) is 2.87. The van der Waals surface area contributed by atoms with E-state index >= 15 is 0 Å². The van der Waals surface area contributed by atoms with Gasteiger partial charge in [0.2, 0.25) is 6.79 Å². The van der Waals surface area contributed by atoms with E-state index in [4.69, 9.17) is 14.0 Å². The minimum atomic E-state index is 0.186. The summed E-state index contributed by atoms with van der Waals surface area (Å²) in [4.78, 5) is 0. The van der Waals surface area contributed by atoms with E-state index in [9.17, 15) is 5.11 Å². The van der Waals surface area contributed by atoms with Crippen LogP contribution in [0.4, 0.5) is 0 Å². The second kappa shape index (κ2) is 4.81. The summed E-state index contributed by atoms with van der Waals surface area (Å²) in [6.07, 6.45) is 0. The molecule has 0 spiro atoms. The first-order valence-electron chi connectivity index (χ1n) is 5.97. The SMILES string of the molecule is Cc1cc(CNCc2cc3c(cc2O)OCO3)on1. The molecule has 0 unspecified atom stereocenters. The van der Waals surface area contributed by atoms with Crippen molar-refractivity contribution in [1.29, 1.82) is 0 Å². The van der Waals surface area contributed by atoms with Crippen molar-refractivity contribution in [2.75, 3.05) is 6.79 Å². The van der Waals surface area contributed by atoms with E-state index < -0.39 is 0 Å². The highest BCUT2D eigenvalue weighted by molar-refractivity contribution is 5.51. The molecule has 6 heteroatoms. The molecule has 0 amide bonds. The van der Waals surface area contributed by atoms with Gasteiger partial charge in [-0.1, -0.05) is 5.16 Å². The number of aryl methyl sites for hydroxylation is 1. The molecule has 0 bridgehead atoms. The summed E-state index contributed by atoms with van der Waals surface area (Å²) in [7, 11) is 0. The molecule has 2 N–H and O–H groups in total. The van der Waals surface area contributed by atoms with Gasteiger partial charge in [0, 0.05) is 24.2 Å². The number of benzene rings is 1. The van der Waals surface area contributed by atoms with Crippen LogP contribution in [-0.2, 0) is 13.1 Å². The van der Waals surface area contributed by atoms with Gasteiger partial charge in [-0.2, -0.15) is 0 Å². The second-order valence-corrected chi connectivity index (χ2v) is 4.37. The zero-order valence-electron chi connectivity index (χ0n) is 10.5. The number of rotatable bonds is 4. The van der Waals surface area contributed by atoms with Crippen LogP contribution in [0.3, 0.4) is 0 Å². The number of nitrogens with one attached hydrogen (secondary N) is 1. The van der Waals surface area contributed by atoms with E-state index in [0.29, 0.717) is 24.6 Å². The molecular formula is C13H14N2O4. The Balaban J connectivity index is 1.64. The van der Waals surface area contributed by atoms with Gasteiger partial charge in [0.1, 0.15) is 5.75 Å². The number of ether oxygens (including phenoxy) is 2. The first-order chi connectivity index (χ1) is 9.22. The van der Waals surface area contributed by atoms with Crippen molar-refractivity contribution in [2.45, 2.75) is 20.0 Å². The van der Waals surface area contributed by atoms with E-state index in [1.807, 2.05) is 13.0 Å². The molecule has 0 aliphatic carbocycles. The summed E-state index contributed by atoms with van der Waals surface area (Å²) in [6.45, 7) is 3.12. The van der Waals surface area contributed by atoms with Crippen LogP contribution >= 0.6 is 0 Å². The quantitative estimate of drug-likeness (QED) is 0.873. The Morgan fingerprint density at radius 1 is 1.21 bits per heavy atom. The number of phenolic OH excluding ortho intramolecular Hbond substituents is 1. The van der Waals surface area contributed by atoms with Gasteiger partial charge >= 0.3 is 0 Å². The van der Waals surface area contributed by atoms with Crippen LogP contribution in [0.5, 0.6) is 17.2 Å². The van der Waals surface area contributed by atoms with Gasteiger partial charge in [-0.15, -0.1) is 0 Å². The molecular weight excluding hydrogens is 248 g/mol. The number of fused-ring (bicyclic) bond motifs is 1. The molecule has 6 nitrogen and oxygen atoms in total. The van der Waals surface area contributed by atoms with Gasteiger partial charge < -0.3 is 24.4 Å². The molecule has 0 radical (unpaired) electrons. The highest BCUT2D eigenvalue weighted by atomic mass is 16.7. The summed E-state index contributed by atoms with van der Waals surface area (Å²) in [6, 6.07) is 5.21. The maximum absolute atomic E-state index is 9.86. The molecule has 1 aliphatic heterocycles. The normalized spacial score (nSPS) is 12.9. The summed E-state index contributed by atoms with van der Waals surface area (Å²) >= 11 is 0. The molecule has 0 fully saturated rings. The highest BCUT2D eigenvalue weighted by Gasteiger charge is 2.16. The van der Waals surface area contributed by atoms with Crippen molar-refractivity contribution < 1.29 is 19.1 Å². The third kappa shape index (κ3) is 2.48. The summed E-state index contributed by atoms with van der Waals surface area (Å²) in [5.74, 6) is 2.18. The number of nitrogens with zero attached hydrogens (tertiary/aromatic N) is 1. The summed E-state index contributed by atoms with van der Waals surface area (Å²) < 4.78 is 15.5. The lowest BCUT2D eigenvalue weighted by molar-refractivity contribution is 0.174. The minimum Gasteiger partial charge on any atom is -0.507 e. The number of hydrogen-bond acceptors (Lipinski definition) is 6. The van der Waals surface area contributed by atoms with Crippen molar-refractivity contribution in [3.8, 4) is 17.2 Å². The number of phenols is 1. The minimum absolute atomic E-state index is 0.186. The summed E-state index contributed by atoms with van der Waals surface area (Å²) in [5, 5.41) is 16.8. The topological polar surface area (TPSA) is 76.8 Å². The molecule has 19 heavy (non-hydrogen) atoms. The Morgan fingerprint density at radius 2 is 2.00 bits per heavy atom. The van der Waals surface area contributed by atoms with Gasteiger partial charge in [-0.25, -0.2) is 0 Å². The summed E-state index contributed by atoms with van der Waals surface area (Å²) in [5.41, 5.74) is 1.60. The molecule has 100 valence electrons. The third-order valence-electron chi connectivity index (χ3n) is 2.87. The average molecular weight is 262 g/mol. The fourth-order valence-electron chi connectivity index (χ4n) is 1.93. The molecule has 2 aromatic rings. The standard InChI is InChI=1S/C13H14N2O4/c1-8-2-10(19-15-8)6-14-5-9-3-12-13(4-11(9)16)18-7-17-12/h2-4,14,16H,5-7H2,1H3. The molecule has 0 saturated heterocycles. The Hall–Kier alpha value is -2.21. The van der Waals surface area contributed by atoms with Crippen LogP contribution in [-0.4, -0.2) is 17.1 Å². The monoisotopic (exact) mass is 262 g/mol. The van der Waals surface area contributed by atoms with Crippen LogP contribution in [0.15, 0.2) is 22.7 Å². The van der Waals surface area contributed by atoms with E-state index in [2.05, 4.69) is 10.5 Å². The second-order valence-electron chi connectivity index (χ2n) is 4.37. The smallest absolute Gasteiger partial charge is 0.231 e. The fourth-order valence-corrected chi connectivity index (χ4v) is 1.93. The zero-order valence-corrected chi connectivity index (χ0v) is 10.5. The first kappa shape index (κ1) is 11.9. The Bertz CT molecular complexity index is 594. The van der Waals surface area contributed by atoms with Gasteiger partial charge in [-0.05, 0) is 13.0 Å². The molecule has 1 aliphatic rings. The molecule has 2 heterocycles. The zero-order chi connectivity index (χ0) is 13.2.